The molecule has 2 aromatic rings. The number of alkyl halides is 3. The van der Waals surface area contributed by atoms with Crippen molar-refractivity contribution in [3.63, 3.8) is 0 Å². The van der Waals surface area contributed by atoms with Gasteiger partial charge in [0.15, 0.2) is 5.71 Å². The van der Waals surface area contributed by atoms with Gasteiger partial charge < -0.3 is 0 Å². The maximum absolute atomic E-state index is 12.9. The molecule has 0 fully saturated rings. The Hall–Kier alpha value is -2.54. The number of para-hydroxylation sites is 1. The maximum atomic E-state index is 12.9. The lowest BCUT2D eigenvalue weighted by molar-refractivity contribution is -0.0571. The van der Waals surface area contributed by atoms with E-state index in [-0.39, 0.29) is 5.69 Å². The Morgan fingerprint density at radius 2 is 1.40 bits per heavy atom. The fraction of sp³-hybridized carbons (Fsp3) is 0.0625. The molecular weight excluding hydrogens is 263 g/mol. The lowest BCUT2D eigenvalue weighted by atomic mass is 10.2. The Kier molecular flexibility index (Phi) is 4.21. The number of benzene rings is 2. The standard InChI is InChI=1S/C16H10F3N/c17-16(18,19)15(20-14-9-5-2-6-10-14)12-11-13-7-3-1-4-8-13/h1-10H. The number of hydrogen-bond donors (Lipinski definition) is 0. The summed E-state index contributed by atoms with van der Waals surface area (Å²) in [6.07, 6.45) is -4.57. The third-order valence-electron chi connectivity index (χ3n) is 2.36. The Balaban J connectivity index is 2.36. The van der Waals surface area contributed by atoms with Gasteiger partial charge in [-0.3, -0.25) is 0 Å². The molecule has 0 aliphatic carbocycles. The summed E-state index contributed by atoms with van der Waals surface area (Å²) in [5.41, 5.74) is -0.368. The molecule has 2 aromatic carbocycles. The minimum Gasteiger partial charge on any atom is -0.235 e. The highest BCUT2D eigenvalue weighted by Gasteiger charge is 2.34. The molecule has 0 aromatic heterocycles. The number of rotatable bonds is 1. The number of hydrogen-bond acceptors (Lipinski definition) is 1. The van der Waals surface area contributed by atoms with Gasteiger partial charge in [-0.2, -0.15) is 13.2 Å². The van der Waals surface area contributed by atoms with Crippen LogP contribution in [0.1, 0.15) is 5.56 Å². The highest BCUT2D eigenvalue weighted by atomic mass is 19.4. The monoisotopic (exact) mass is 273 g/mol. The van der Waals surface area contributed by atoms with E-state index in [0.717, 1.165) is 0 Å². The van der Waals surface area contributed by atoms with Crippen LogP contribution in [0.4, 0.5) is 18.9 Å². The summed E-state index contributed by atoms with van der Waals surface area (Å²) >= 11 is 0. The topological polar surface area (TPSA) is 12.4 Å². The second kappa shape index (κ2) is 6.07. The molecule has 100 valence electrons. The minimum atomic E-state index is -4.57. The van der Waals surface area contributed by atoms with Gasteiger partial charge in [-0.25, -0.2) is 4.99 Å². The molecule has 0 N–H and O–H groups in total. The first-order chi connectivity index (χ1) is 9.55. The van der Waals surface area contributed by atoms with E-state index in [9.17, 15) is 13.2 Å². The Bertz CT molecular complexity index is 647. The zero-order chi connectivity index (χ0) is 14.4. The molecule has 1 nitrogen and oxygen atoms in total. The van der Waals surface area contributed by atoms with Crippen LogP contribution in [0, 0.1) is 11.8 Å². The average Bonchev–Trinajstić information content (AvgIpc) is 2.44. The van der Waals surface area contributed by atoms with E-state index in [4.69, 9.17) is 0 Å². The van der Waals surface area contributed by atoms with Crippen molar-refractivity contribution in [3.8, 4) is 11.8 Å². The largest absolute Gasteiger partial charge is 0.441 e. The summed E-state index contributed by atoms with van der Waals surface area (Å²) in [5.74, 6) is 4.57. The summed E-state index contributed by atoms with van der Waals surface area (Å²) < 4.78 is 38.6. The molecule has 0 heterocycles. The summed E-state index contributed by atoms with van der Waals surface area (Å²) in [6, 6.07) is 16.4. The van der Waals surface area contributed by atoms with Gasteiger partial charge in [-0.1, -0.05) is 42.3 Å². The Labute approximate surface area is 114 Å². The van der Waals surface area contributed by atoms with Crippen LogP contribution in [0.3, 0.4) is 0 Å². The van der Waals surface area contributed by atoms with Crippen LogP contribution in [-0.2, 0) is 0 Å². The molecule has 0 aliphatic heterocycles. The fourth-order valence-electron chi connectivity index (χ4n) is 1.45. The maximum Gasteiger partial charge on any atom is 0.441 e. The van der Waals surface area contributed by atoms with Crippen molar-refractivity contribution in [3.05, 3.63) is 66.2 Å². The molecule has 0 aliphatic rings. The van der Waals surface area contributed by atoms with E-state index < -0.39 is 11.9 Å². The summed E-state index contributed by atoms with van der Waals surface area (Å²) in [5, 5.41) is 0. The van der Waals surface area contributed by atoms with Crippen molar-refractivity contribution in [2.24, 2.45) is 4.99 Å². The molecule has 20 heavy (non-hydrogen) atoms. The highest BCUT2D eigenvalue weighted by molar-refractivity contribution is 6.06. The van der Waals surface area contributed by atoms with E-state index in [1.165, 1.54) is 12.1 Å². The number of nitrogens with zero attached hydrogens (tertiary/aromatic N) is 1. The molecule has 2 rings (SSSR count). The predicted molar refractivity (Wildman–Crippen MR) is 72.9 cm³/mol. The molecule has 0 saturated heterocycles. The third-order valence-corrected chi connectivity index (χ3v) is 2.36. The van der Waals surface area contributed by atoms with Gasteiger partial charge in [-0.05, 0) is 30.2 Å². The van der Waals surface area contributed by atoms with E-state index >= 15 is 0 Å². The molecule has 0 spiro atoms. The first kappa shape index (κ1) is 13.9. The second-order valence-electron chi connectivity index (χ2n) is 3.91. The molecule has 0 bridgehead atoms. The summed E-state index contributed by atoms with van der Waals surface area (Å²) in [6.45, 7) is 0. The van der Waals surface area contributed by atoms with Crippen molar-refractivity contribution in [1.82, 2.24) is 0 Å². The molecule has 0 atom stereocenters. The van der Waals surface area contributed by atoms with Crippen molar-refractivity contribution in [2.45, 2.75) is 6.18 Å². The van der Waals surface area contributed by atoms with Crippen LogP contribution in [0.5, 0.6) is 0 Å². The smallest absolute Gasteiger partial charge is 0.235 e. The normalized spacial score (nSPS) is 11.7. The lowest BCUT2D eigenvalue weighted by Crippen LogP contribution is -2.21. The van der Waals surface area contributed by atoms with Crippen molar-refractivity contribution in [2.75, 3.05) is 0 Å². The third kappa shape index (κ3) is 3.99. The number of aliphatic imine (C=N–C) groups is 1. The van der Waals surface area contributed by atoms with Crippen LogP contribution in [0.15, 0.2) is 65.7 Å². The van der Waals surface area contributed by atoms with E-state index in [2.05, 4.69) is 16.8 Å². The molecule has 0 radical (unpaired) electrons. The Morgan fingerprint density at radius 3 is 1.95 bits per heavy atom. The summed E-state index contributed by atoms with van der Waals surface area (Å²) in [7, 11) is 0. The SMILES string of the molecule is FC(F)(F)C(C#Cc1ccccc1)=Nc1ccccc1. The quantitative estimate of drug-likeness (QED) is 0.540. The summed E-state index contributed by atoms with van der Waals surface area (Å²) in [4.78, 5) is 3.56. The molecule has 0 amide bonds. The highest BCUT2D eigenvalue weighted by Crippen LogP contribution is 2.21. The second-order valence-corrected chi connectivity index (χ2v) is 3.91. The molecule has 4 heteroatoms. The molecule has 0 saturated carbocycles. The zero-order valence-electron chi connectivity index (χ0n) is 10.4. The van der Waals surface area contributed by atoms with Gasteiger partial charge in [0.2, 0.25) is 0 Å². The molecule has 0 unspecified atom stereocenters. The van der Waals surface area contributed by atoms with E-state index in [0.29, 0.717) is 5.56 Å². The first-order valence-corrected chi connectivity index (χ1v) is 5.84. The average molecular weight is 273 g/mol. The Morgan fingerprint density at radius 1 is 0.850 bits per heavy atom. The van der Waals surface area contributed by atoms with Crippen molar-refractivity contribution in [1.29, 1.82) is 0 Å². The van der Waals surface area contributed by atoms with E-state index in [1.54, 1.807) is 48.5 Å². The first-order valence-electron chi connectivity index (χ1n) is 5.84. The van der Waals surface area contributed by atoms with Crippen LogP contribution in [0.25, 0.3) is 0 Å². The van der Waals surface area contributed by atoms with Crippen molar-refractivity contribution < 1.29 is 13.2 Å². The van der Waals surface area contributed by atoms with Gasteiger partial charge in [-0.15, -0.1) is 0 Å². The van der Waals surface area contributed by atoms with Crippen LogP contribution >= 0.6 is 0 Å². The van der Waals surface area contributed by atoms with Gasteiger partial charge >= 0.3 is 6.18 Å². The fourth-order valence-corrected chi connectivity index (χ4v) is 1.45. The van der Waals surface area contributed by atoms with Gasteiger partial charge in [0, 0.05) is 5.56 Å². The van der Waals surface area contributed by atoms with Gasteiger partial charge in [0.25, 0.3) is 0 Å². The van der Waals surface area contributed by atoms with Crippen molar-refractivity contribution >= 4 is 11.4 Å². The van der Waals surface area contributed by atoms with Crippen LogP contribution in [-0.4, -0.2) is 11.9 Å². The number of halogens is 3. The minimum absolute atomic E-state index is 0.224. The zero-order valence-corrected chi connectivity index (χ0v) is 10.4. The van der Waals surface area contributed by atoms with Gasteiger partial charge in [0.1, 0.15) is 0 Å². The molecular formula is C16H10F3N. The lowest BCUT2D eigenvalue weighted by Gasteiger charge is -2.04. The predicted octanol–water partition coefficient (Wildman–Crippen LogP) is 4.37. The van der Waals surface area contributed by atoms with E-state index in [1.807, 2.05) is 0 Å². The van der Waals surface area contributed by atoms with Gasteiger partial charge in [0.05, 0.1) is 5.69 Å². The van der Waals surface area contributed by atoms with Crippen LogP contribution in [0.2, 0.25) is 0 Å². The van der Waals surface area contributed by atoms with Crippen LogP contribution < -0.4 is 0 Å².